The first-order chi connectivity index (χ1) is 18.6. The van der Waals surface area contributed by atoms with Crippen molar-refractivity contribution in [3.05, 3.63) is 65.6 Å². The van der Waals surface area contributed by atoms with Gasteiger partial charge in [-0.05, 0) is 80.3 Å². The fourth-order valence-corrected chi connectivity index (χ4v) is 6.34. The largest absolute Gasteiger partial charge is 0.493 e. The second-order valence-corrected chi connectivity index (χ2v) is 12.6. The number of benzene rings is 1. The molecular formula is C29H33FN4O4S. The number of carbonyl (C=O) groups is 1. The zero-order valence-electron chi connectivity index (χ0n) is 22.4. The molecule has 1 aliphatic carbocycles. The van der Waals surface area contributed by atoms with Gasteiger partial charge in [0, 0.05) is 30.4 Å². The lowest BCUT2D eigenvalue weighted by molar-refractivity contribution is 0.0981. The van der Waals surface area contributed by atoms with Crippen LogP contribution in [0.3, 0.4) is 0 Å². The predicted molar refractivity (Wildman–Crippen MR) is 147 cm³/mol. The van der Waals surface area contributed by atoms with Crippen molar-refractivity contribution in [1.29, 1.82) is 0 Å². The van der Waals surface area contributed by atoms with E-state index in [1.807, 2.05) is 13.8 Å². The molecule has 1 amide bonds. The number of piperidine rings is 1. The number of anilines is 1. The molecule has 10 heteroatoms. The average Bonchev–Trinajstić information content (AvgIpc) is 3.23. The molecule has 206 valence electrons. The Morgan fingerprint density at radius 1 is 1.10 bits per heavy atom. The molecule has 2 atom stereocenters. The number of fused-ring (bicyclic) bond motifs is 2. The predicted octanol–water partition coefficient (Wildman–Crippen LogP) is 4.98. The van der Waals surface area contributed by atoms with Gasteiger partial charge in [0.1, 0.15) is 17.4 Å². The van der Waals surface area contributed by atoms with Crippen LogP contribution >= 0.6 is 0 Å². The molecule has 1 aliphatic heterocycles. The third-order valence-electron chi connectivity index (χ3n) is 7.14. The highest BCUT2D eigenvalue weighted by molar-refractivity contribution is 7.90. The maximum atomic E-state index is 14.5. The molecule has 8 nitrogen and oxygen atoms in total. The van der Waals surface area contributed by atoms with Gasteiger partial charge < -0.3 is 9.64 Å². The lowest BCUT2D eigenvalue weighted by Crippen LogP contribution is -2.39. The van der Waals surface area contributed by atoms with Crippen molar-refractivity contribution in [3.63, 3.8) is 0 Å². The van der Waals surface area contributed by atoms with Crippen LogP contribution in [0.25, 0.3) is 11.3 Å². The summed E-state index contributed by atoms with van der Waals surface area (Å²) < 4.78 is 48.4. The minimum atomic E-state index is -4.20. The molecule has 0 spiro atoms. The van der Waals surface area contributed by atoms with Gasteiger partial charge in [0.2, 0.25) is 0 Å². The molecule has 2 fully saturated rings. The van der Waals surface area contributed by atoms with Crippen LogP contribution in [0.1, 0.15) is 49.2 Å². The standard InChI is InChI=1S/C29H33FN4O4S/c1-18(2)17-38-24-13-22(12-23(30)14-24)26-10-9-25(28(32-26)34-15-20-7-8-21(11-20)16-34)29(35)33-39(36,37)27-6-4-5-19(3)31-27/h4-6,9-10,12-14,18,20-21H,7-8,11,15-17H2,1-3H3,(H,33,35)/t20-,21?/m0/s1. The summed E-state index contributed by atoms with van der Waals surface area (Å²) in [6, 6.07) is 12.2. The average molecular weight is 553 g/mol. The van der Waals surface area contributed by atoms with Gasteiger partial charge in [-0.3, -0.25) is 4.79 Å². The van der Waals surface area contributed by atoms with Gasteiger partial charge in [-0.2, -0.15) is 8.42 Å². The summed E-state index contributed by atoms with van der Waals surface area (Å²) >= 11 is 0. The molecule has 3 heterocycles. The van der Waals surface area contributed by atoms with E-state index < -0.39 is 21.7 Å². The Balaban J connectivity index is 1.51. The van der Waals surface area contributed by atoms with Gasteiger partial charge in [-0.25, -0.2) is 19.1 Å². The van der Waals surface area contributed by atoms with E-state index in [-0.39, 0.29) is 16.5 Å². The smallest absolute Gasteiger partial charge is 0.281 e. The molecule has 2 bridgehead atoms. The number of amides is 1. The first-order valence-electron chi connectivity index (χ1n) is 13.3. The third-order valence-corrected chi connectivity index (χ3v) is 8.37. The van der Waals surface area contributed by atoms with E-state index in [1.165, 1.54) is 18.2 Å². The summed E-state index contributed by atoms with van der Waals surface area (Å²) in [7, 11) is -4.20. The Bertz CT molecular complexity index is 1480. The van der Waals surface area contributed by atoms with Crippen LogP contribution in [-0.4, -0.2) is 44.0 Å². The van der Waals surface area contributed by atoms with E-state index in [1.54, 1.807) is 37.3 Å². The van der Waals surface area contributed by atoms with Crippen LogP contribution in [0.2, 0.25) is 0 Å². The van der Waals surface area contributed by atoms with E-state index in [9.17, 15) is 17.6 Å². The van der Waals surface area contributed by atoms with Crippen LogP contribution in [0, 0.1) is 30.5 Å². The molecule has 1 saturated carbocycles. The van der Waals surface area contributed by atoms with Gasteiger partial charge in [-0.1, -0.05) is 19.9 Å². The van der Waals surface area contributed by atoms with Crippen molar-refractivity contribution in [2.45, 2.75) is 45.1 Å². The van der Waals surface area contributed by atoms with E-state index in [2.05, 4.69) is 14.6 Å². The molecule has 2 aromatic heterocycles. The number of carbonyl (C=O) groups excluding carboxylic acids is 1. The SMILES string of the molecule is Cc1cccc(S(=O)(=O)NC(=O)c2ccc(-c3cc(F)cc(OCC(C)C)c3)nc2N2CC3CC[C@@H](C3)C2)n1. The third kappa shape index (κ3) is 6.21. The normalized spacial score (nSPS) is 18.8. The van der Waals surface area contributed by atoms with Crippen molar-refractivity contribution in [1.82, 2.24) is 14.7 Å². The molecule has 0 radical (unpaired) electrons. The van der Waals surface area contributed by atoms with Crippen LogP contribution in [-0.2, 0) is 10.0 Å². The molecule has 1 unspecified atom stereocenters. The van der Waals surface area contributed by atoms with Crippen LogP contribution in [0.5, 0.6) is 5.75 Å². The minimum Gasteiger partial charge on any atom is -0.493 e. The number of aryl methyl sites for hydroxylation is 1. The quantitative estimate of drug-likeness (QED) is 0.421. The number of hydrogen-bond donors (Lipinski definition) is 1. The second-order valence-electron chi connectivity index (χ2n) is 11.0. The first-order valence-corrected chi connectivity index (χ1v) is 14.8. The zero-order valence-corrected chi connectivity index (χ0v) is 23.2. The van der Waals surface area contributed by atoms with E-state index in [0.717, 1.165) is 32.4 Å². The summed E-state index contributed by atoms with van der Waals surface area (Å²) in [5, 5.41) is -0.230. The first kappa shape index (κ1) is 27.1. The minimum absolute atomic E-state index is 0.143. The number of aromatic nitrogens is 2. The maximum Gasteiger partial charge on any atom is 0.281 e. The van der Waals surface area contributed by atoms with Crippen LogP contribution in [0.4, 0.5) is 10.2 Å². The molecule has 3 aromatic rings. The summed E-state index contributed by atoms with van der Waals surface area (Å²) in [5.74, 6) is 0.820. The number of sulfonamides is 1. The highest BCUT2D eigenvalue weighted by Crippen LogP contribution is 2.39. The fraction of sp³-hybridized carbons (Fsp3) is 0.414. The van der Waals surface area contributed by atoms with E-state index >= 15 is 0 Å². The topological polar surface area (TPSA) is 101 Å². The van der Waals surface area contributed by atoms with Gasteiger partial charge >= 0.3 is 0 Å². The molecule has 1 aromatic carbocycles. The highest BCUT2D eigenvalue weighted by atomic mass is 32.2. The Kier molecular flexibility index (Phi) is 7.57. The van der Waals surface area contributed by atoms with E-state index in [0.29, 0.717) is 47.0 Å². The Hall–Kier alpha value is -3.53. The summed E-state index contributed by atoms with van der Waals surface area (Å²) in [6.07, 6.45) is 3.39. The number of nitrogens with zero attached hydrogens (tertiary/aromatic N) is 3. The Labute approximate surface area is 228 Å². The lowest BCUT2D eigenvalue weighted by Gasteiger charge is -2.34. The van der Waals surface area contributed by atoms with Crippen molar-refractivity contribution >= 4 is 21.7 Å². The van der Waals surface area contributed by atoms with Gasteiger partial charge in [0.15, 0.2) is 5.03 Å². The number of halogens is 1. The molecular weight excluding hydrogens is 519 g/mol. The molecule has 2 aliphatic rings. The molecule has 1 saturated heterocycles. The number of ether oxygens (including phenoxy) is 1. The highest BCUT2D eigenvalue weighted by Gasteiger charge is 2.35. The zero-order chi connectivity index (χ0) is 27.7. The molecule has 39 heavy (non-hydrogen) atoms. The summed E-state index contributed by atoms with van der Waals surface area (Å²) in [4.78, 5) is 24.3. The molecule has 1 N–H and O–H groups in total. The van der Waals surface area contributed by atoms with Crippen molar-refractivity contribution < 1.29 is 22.3 Å². The second kappa shape index (κ2) is 10.9. The summed E-state index contributed by atoms with van der Waals surface area (Å²) in [6.45, 7) is 7.60. The van der Waals surface area contributed by atoms with E-state index in [4.69, 9.17) is 9.72 Å². The number of hydrogen-bond acceptors (Lipinski definition) is 7. The van der Waals surface area contributed by atoms with Crippen LogP contribution < -0.4 is 14.4 Å². The van der Waals surface area contributed by atoms with Crippen molar-refractivity contribution in [3.8, 4) is 17.0 Å². The number of rotatable bonds is 8. The van der Waals surface area contributed by atoms with Crippen LogP contribution in [0.15, 0.2) is 53.6 Å². The lowest BCUT2D eigenvalue weighted by atomic mass is 9.98. The van der Waals surface area contributed by atoms with Gasteiger partial charge in [0.05, 0.1) is 17.9 Å². The monoisotopic (exact) mass is 552 g/mol. The van der Waals surface area contributed by atoms with Crippen molar-refractivity contribution in [2.75, 3.05) is 24.6 Å². The Morgan fingerprint density at radius 3 is 2.54 bits per heavy atom. The Morgan fingerprint density at radius 2 is 1.85 bits per heavy atom. The van der Waals surface area contributed by atoms with Crippen molar-refractivity contribution in [2.24, 2.45) is 17.8 Å². The summed E-state index contributed by atoms with van der Waals surface area (Å²) in [5.41, 5.74) is 1.65. The fourth-order valence-electron chi connectivity index (χ4n) is 5.36. The van der Waals surface area contributed by atoms with Gasteiger partial charge in [0.25, 0.3) is 15.9 Å². The molecule has 5 rings (SSSR count). The number of nitrogens with one attached hydrogen (secondary N) is 1. The maximum absolute atomic E-state index is 14.5. The van der Waals surface area contributed by atoms with Gasteiger partial charge in [-0.15, -0.1) is 0 Å². The number of pyridine rings is 2.